The smallest absolute Gasteiger partial charge is 0.419 e. The number of nitrogens with zero attached hydrogens (tertiary/aromatic N) is 2. The molecule has 0 bridgehead atoms. The Labute approximate surface area is 138 Å². The number of carbonyl (C=O) groups is 2. The summed E-state index contributed by atoms with van der Waals surface area (Å²) in [5, 5.41) is 0. The maximum atomic E-state index is 13.0. The molecule has 0 N–H and O–H groups in total. The zero-order valence-electron chi connectivity index (χ0n) is 13.5. The molecule has 1 aromatic carbocycles. The van der Waals surface area contributed by atoms with E-state index in [2.05, 4.69) is 0 Å². The van der Waals surface area contributed by atoms with E-state index < -0.39 is 23.8 Å². The largest absolute Gasteiger partial charge is 0.480 e. The Kier molecular flexibility index (Phi) is 5.36. The van der Waals surface area contributed by atoms with Crippen LogP contribution >= 0.6 is 0 Å². The number of piperazine rings is 1. The lowest BCUT2D eigenvalue weighted by Gasteiger charge is -2.35. The topological polar surface area (TPSA) is 49.9 Å². The molecular formula is C16H19F3N2O3. The van der Waals surface area contributed by atoms with Crippen LogP contribution in [0.2, 0.25) is 0 Å². The highest BCUT2D eigenvalue weighted by atomic mass is 19.4. The van der Waals surface area contributed by atoms with Crippen LogP contribution in [0.4, 0.5) is 13.2 Å². The van der Waals surface area contributed by atoms with E-state index in [0.29, 0.717) is 26.2 Å². The number of amides is 2. The van der Waals surface area contributed by atoms with Crippen LogP contribution < -0.4 is 4.74 Å². The summed E-state index contributed by atoms with van der Waals surface area (Å²) in [4.78, 5) is 26.7. The van der Waals surface area contributed by atoms with Crippen LogP contribution in [-0.2, 0) is 15.8 Å². The fourth-order valence-corrected chi connectivity index (χ4v) is 2.54. The Morgan fingerprint density at radius 1 is 1.08 bits per heavy atom. The molecule has 5 nitrogen and oxygen atoms in total. The molecule has 0 radical (unpaired) electrons. The van der Waals surface area contributed by atoms with Crippen molar-refractivity contribution in [3.05, 3.63) is 29.8 Å². The minimum atomic E-state index is -4.55. The van der Waals surface area contributed by atoms with Gasteiger partial charge in [-0.05, 0) is 19.1 Å². The zero-order chi connectivity index (χ0) is 17.9. The number of carbonyl (C=O) groups excluding carboxylic acids is 2. The Balaban J connectivity index is 2.02. The first-order valence-electron chi connectivity index (χ1n) is 7.57. The molecule has 132 valence electrons. The van der Waals surface area contributed by atoms with Crippen molar-refractivity contribution >= 4 is 11.8 Å². The number of hydrogen-bond acceptors (Lipinski definition) is 3. The monoisotopic (exact) mass is 344 g/mol. The van der Waals surface area contributed by atoms with Crippen molar-refractivity contribution in [2.24, 2.45) is 0 Å². The molecular weight excluding hydrogens is 325 g/mol. The number of rotatable bonds is 3. The fraction of sp³-hybridized carbons (Fsp3) is 0.500. The second-order valence-electron chi connectivity index (χ2n) is 5.59. The molecule has 0 aliphatic carbocycles. The molecule has 1 unspecified atom stereocenters. The number of para-hydroxylation sites is 1. The second kappa shape index (κ2) is 7.11. The summed E-state index contributed by atoms with van der Waals surface area (Å²) < 4.78 is 44.2. The molecule has 8 heteroatoms. The minimum Gasteiger partial charge on any atom is -0.480 e. The van der Waals surface area contributed by atoms with Crippen molar-refractivity contribution in [3.63, 3.8) is 0 Å². The maximum absolute atomic E-state index is 13.0. The molecule has 1 atom stereocenters. The maximum Gasteiger partial charge on any atom is 0.419 e. The van der Waals surface area contributed by atoms with Crippen molar-refractivity contribution in [2.75, 3.05) is 26.2 Å². The molecule has 1 aromatic rings. The Morgan fingerprint density at radius 2 is 1.62 bits per heavy atom. The van der Waals surface area contributed by atoms with Gasteiger partial charge in [0.2, 0.25) is 5.91 Å². The van der Waals surface area contributed by atoms with E-state index in [1.807, 2.05) is 0 Å². The molecule has 1 aliphatic heterocycles. The van der Waals surface area contributed by atoms with Gasteiger partial charge in [0.25, 0.3) is 5.91 Å². The van der Waals surface area contributed by atoms with Gasteiger partial charge < -0.3 is 14.5 Å². The molecule has 1 heterocycles. The Morgan fingerprint density at radius 3 is 2.17 bits per heavy atom. The predicted molar refractivity (Wildman–Crippen MR) is 80.4 cm³/mol. The van der Waals surface area contributed by atoms with Crippen LogP contribution in [0.1, 0.15) is 19.4 Å². The average Bonchev–Trinajstić information content (AvgIpc) is 2.53. The van der Waals surface area contributed by atoms with Crippen LogP contribution in [0.5, 0.6) is 5.75 Å². The van der Waals surface area contributed by atoms with E-state index in [1.54, 1.807) is 4.90 Å². The van der Waals surface area contributed by atoms with Gasteiger partial charge in [0, 0.05) is 33.1 Å². The van der Waals surface area contributed by atoms with Gasteiger partial charge in [-0.15, -0.1) is 0 Å². The van der Waals surface area contributed by atoms with Gasteiger partial charge in [-0.25, -0.2) is 0 Å². The molecule has 0 spiro atoms. The highest BCUT2D eigenvalue weighted by Gasteiger charge is 2.35. The van der Waals surface area contributed by atoms with E-state index >= 15 is 0 Å². The average molecular weight is 344 g/mol. The van der Waals surface area contributed by atoms with Gasteiger partial charge in [-0.1, -0.05) is 12.1 Å². The molecule has 0 saturated carbocycles. The van der Waals surface area contributed by atoms with E-state index in [-0.39, 0.29) is 11.7 Å². The molecule has 0 aromatic heterocycles. The summed E-state index contributed by atoms with van der Waals surface area (Å²) in [6.45, 7) is 4.38. The predicted octanol–water partition coefficient (Wildman–Crippen LogP) is 2.16. The van der Waals surface area contributed by atoms with Gasteiger partial charge in [0.05, 0.1) is 5.56 Å². The first-order chi connectivity index (χ1) is 11.2. The van der Waals surface area contributed by atoms with Crippen molar-refractivity contribution in [3.8, 4) is 5.75 Å². The van der Waals surface area contributed by atoms with Crippen LogP contribution in [0.3, 0.4) is 0 Å². The molecule has 24 heavy (non-hydrogen) atoms. The number of alkyl halides is 3. The number of halogens is 3. The normalized spacial score (nSPS) is 16.7. The SMILES string of the molecule is CC(=O)N1CCN(C(=O)C(C)Oc2ccccc2C(F)(F)F)CC1. The Hall–Kier alpha value is -2.25. The molecule has 1 saturated heterocycles. The first-order valence-corrected chi connectivity index (χ1v) is 7.57. The third-order valence-electron chi connectivity index (χ3n) is 3.88. The van der Waals surface area contributed by atoms with E-state index in [0.717, 1.165) is 6.07 Å². The van der Waals surface area contributed by atoms with Crippen LogP contribution in [-0.4, -0.2) is 53.9 Å². The van der Waals surface area contributed by atoms with Crippen molar-refractivity contribution in [1.82, 2.24) is 9.80 Å². The third-order valence-corrected chi connectivity index (χ3v) is 3.88. The molecule has 1 aliphatic rings. The lowest BCUT2D eigenvalue weighted by Crippen LogP contribution is -2.52. The third kappa shape index (κ3) is 4.18. The summed E-state index contributed by atoms with van der Waals surface area (Å²) in [7, 11) is 0. The molecule has 2 rings (SSSR count). The van der Waals surface area contributed by atoms with Crippen molar-refractivity contribution < 1.29 is 27.5 Å². The minimum absolute atomic E-state index is 0.0643. The quantitative estimate of drug-likeness (QED) is 0.844. The van der Waals surface area contributed by atoms with E-state index in [4.69, 9.17) is 4.74 Å². The van der Waals surface area contributed by atoms with E-state index in [1.165, 1.54) is 36.9 Å². The van der Waals surface area contributed by atoms with Gasteiger partial charge in [0.15, 0.2) is 6.10 Å². The van der Waals surface area contributed by atoms with E-state index in [9.17, 15) is 22.8 Å². The highest BCUT2D eigenvalue weighted by molar-refractivity contribution is 5.81. The van der Waals surface area contributed by atoms with Crippen LogP contribution in [0, 0.1) is 0 Å². The highest BCUT2D eigenvalue weighted by Crippen LogP contribution is 2.36. The molecule has 2 amide bonds. The lowest BCUT2D eigenvalue weighted by atomic mass is 10.2. The summed E-state index contributed by atoms with van der Waals surface area (Å²) in [5.41, 5.74) is -0.911. The summed E-state index contributed by atoms with van der Waals surface area (Å²) in [5.74, 6) is -0.825. The Bertz CT molecular complexity index is 611. The lowest BCUT2D eigenvalue weighted by molar-refractivity contribution is -0.145. The van der Waals surface area contributed by atoms with Gasteiger partial charge in [-0.2, -0.15) is 13.2 Å². The van der Waals surface area contributed by atoms with Crippen LogP contribution in [0.25, 0.3) is 0 Å². The number of hydrogen-bond donors (Lipinski definition) is 0. The summed E-state index contributed by atoms with van der Waals surface area (Å²) in [6, 6.07) is 4.80. The standard InChI is InChI=1S/C16H19F3N2O3/c1-11(15(23)21-9-7-20(8-10-21)12(2)22)24-14-6-4-3-5-13(14)16(17,18)19/h3-6,11H,7-10H2,1-2H3. The second-order valence-corrected chi connectivity index (χ2v) is 5.59. The van der Waals surface area contributed by atoms with Gasteiger partial charge in [-0.3, -0.25) is 9.59 Å². The molecule has 1 fully saturated rings. The fourth-order valence-electron chi connectivity index (χ4n) is 2.54. The summed E-state index contributed by atoms with van der Waals surface area (Å²) >= 11 is 0. The first kappa shape index (κ1) is 18.1. The van der Waals surface area contributed by atoms with Crippen molar-refractivity contribution in [1.29, 1.82) is 0 Å². The van der Waals surface area contributed by atoms with Crippen LogP contribution in [0.15, 0.2) is 24.3 Å². The summed E-state index contributed by atoms with van der Waals surface area (Å²) in [6.07, 6.45) is -5.59. The van der Waals surface area contributed by atoms with Gasteiger partial charge >= 0.3 is 6.18 Å². The van der Waals surface area contributed by atoms with Gasteiger partial charge in [0.1, 0.15) is 5.75 Å². The number of benzene rings is 1. The van der Waals surface area contributed by atoms with Crippen molar-refractivity contribution in [2.45, 2.75) is 26.1 Å². The number of ether oxygens (including phenoxy) is 1. The zero-order valence-corrected chi connectivity index (χ0v) is 13.5.